The molecule has 2 aromatic carbocycles. The Bertz CT molecular complexity index is 642. The Labute approximate surface area is 144 Å². The summed E-state index contributed by atoms with van der Waals surface area (Å²) in [4.78, 5) is 15.7. The average molecular weight is 322 g/mol. The molecule has 24 heavy (non-hydrogen) atoms. The van der Waals surface area contributed by atoms with E-state index >= 15 is 0 Å². The largest absolute Gasteiger partial charge is 0.339 e. The van der Waals surface area contributed by atoms with Gasteiger partial charge in [-0.25, -0.2) is 0 Å². The lowest BCUT2D eigenvalue weighted by molar-refractivity contribution is -0.132. The Morgan fingerprint density at radius 3 is 1.96 bits per heavy atom. The summed E-state index contributed by atoms with van der Waals surface area (Å²) >= 11 is 0. The highest BCUT2D eigenvalue weighted by Gasteiger charge is 2.55. The molecule has 0 radical (unpaired) electrons. The highest BCUT2D eigenvalue weighted by molar-refractivity contribution is 5.95. The summed E-state index contributed by atoms with van der Waals surface area (Å²) in [6.45, 7) is 5.52. The fourth-order valence-electron chi connectivity index (χ4n) is 4.10. The van der Waals surface area contributed by atoms with Crippen LogP contribution in [0.4, 0.5) is 0 Å². The second kappa shape index (κ2) is 6.78. The number of amides is 1. The Morgan fingerprint density at radius 1 is 1.04 bits per heavy atom. The first-order valence-electron chi connectivity index (χ1n) is 8.74. The first-order valence-corrected chi connectivity index (χ1v) is 8.74. The summed E-state index contributed by atoms with van der Waals surface area (Å²) in [6, 6.07) is 20.6. The van der Waals surface area contributed by atoms with Crippen molar-refractivity contribution in [3.8, 4) is 0 Å². The molecule has 3 rings (SSSR count). The second-order valence-electron chi connectivity index (χ2n) is 6.87. The Morgan fingerprint density at radius 2 is 1.54 bits per heavy atom. The van der Waals surface area contributed by atoms with E-state index in [2.05, 4.69) is 38.1 Å². The number of hydrogen-bond acceptors (Lipinski definition) is 2. The summed E-state index contributed by atoms with van der Waals surface area (Å²) in [5, 5.41) is 0. The van der Waals surface area contributed by atoms with Crippen molar-refractivity contribution in [1.29, 1.82) is 0 Å². The van der Waals surface area contributed by atoms with Gasteiger partial charge < -0.3 is 10.6 Å². The first-order chi connectivity index (χ1) is 11.6. The lowest BCUT2D eigenvalue weighted by Gasteiger charge is -2.34. The molecule has 0 spiro atoms. The van der Waals surface area contributed by atoms with Crippen LogP contribution >= 0.6 is 0 Å². The summed E-state index contributed by atoms with van der Waals surface area (Å²) in [5.41, 5.74) is 7.43. The van der Waals surface area contributed by atoms with E-state index < -0.39 is 5.41 Å². The number of benzene rings is 2. The van der Waals surface area contributed by atoms with Crippen molar-refractivity contribution < 1.29 is 4.79 Å². The van der Waals surface area contributed by atoms with Crippen LogP contribution in [0.25, 0.3) is 0 Å². The second-order valence-corrected chi connectivity index (χ2v) is 6.87. The van der Waals surface area contributed by atoms with Crippen molar-refractivity contribution in [3.05, 3.63) is 71.8 Å². The molecule has 1 amide bonds. The van der Waals surface area contributed by atoms with Gasteiger partial charge in [-0.2, -0.15) is 0 Å². The maximum absolute atomic E-state index is 13.6. The van der Waals surface area contributed by atoms with Gasteiger partial charge in [0.25, 0.3) is 0 Å². The third kappa shape index (κ3) is 2.53. The number of rotatable bonds is 5. The van der Waals surface area contributed by atoms with Crippen LogP contribution in [0, 0.1) is 5.92 Å². The maximum atomic E-state index is 13.6. The first kappa shape index (κ1) is 16.7. The van der Waals surface area contributed by atoms with Crippen LogP contribution < -0.4 is 5.73 Å². The molecule has 2 aromatic rings. The average Bonchev–Trinajstić information content (AvgIpc) is 2.90. The third-order valence-corrected chi connectivity index (χ3v) is 5.22. The predicted molar refractivity (Wildman–Crippen MR) is 97.7 cm³/mol. The van der Waals surface area contributed by atoms with Crippen molar-refractivity contribution in [2.45, 2.75) is 31.7 Å². The molecule has 1 fully saturated rings. The van der Waals surface area contributed by atoms with Crippen molar-refractivity contribution in [2.24, 2.45) is 11.7 Å². The van der Waals surface area contributed by atoms with Gasteiger partial charge in [0.05, 0.1) is 0 Å². The number of nitrogens with two attached hydrogens (primary N) is 1. The zero-order chi connectivity index (χ0) is 17.2. The predicted octanol–water partition coefficient (Wildman–Crippen LogP) is 3.19. The number of carbonyl (C=O) groups excluding carboxylic acids is 1. The smallest absolute Gasteiger partial charge is 0.238 e. The maximum Gasteiger partial charge on any atom is 0.238 e. The molecule has 1 unspecified atom stereocenters. The zero-order valence-electron chi connectivity index (χ0n) is 14.5. The van der Waals surface area contributed by atoms with Crippen molar-refractivity contribution >= 4 is 5.91 Å². The summed E-state index contributed by atoms with van der Waals surface area (Å²) < 4.78 is 0. The van der Waals surface area contributed by atoms with Crippen molar-refractivity contribution in [1.82, 2.24) is 4.90 Å². The molecular weight excluding hydrogens is 296 g/mol. The molecule has 0 aliphatic carbocycles. The SMILES string of the molecule is CC(C)N1CC(CCN)C(c2ccccc2)(c2ccccc2)C1=O. The molecule has 1 heterocycles. The topological polar surface area (TPSA) is 46.3 Å². The van der Waals surface area contributed by atoms with Crippen LogP contribution in [-0.2, 0) is 10.2 Å². The minimum absolute atomic E-state index is 0.183. The lowest BCUT2D eigenvalue weighted by Crippen LogP contribution is -2.43. The van der Waals surface area contributed by atoms with Gasteiger partial charge in [0.2, 0.25) is 5.91 Å². The van der Waals surface area contributed by atoms with Gasteiger partial charge in [-0.15, -0.1) is 0 Å². The number of hydrogen-bond donors (Lipinski definition) is 1. The Kier molecular flexibility index (Phi) is 4.72. The molecule has 3 nitrogen and oxygen atoms in total. The van der Waals surface area contributed by atoms with Gasteiger partial charge in [0.1, 0.15) is 5.41 Å². The van der Waals surface area contributed by atoms with E-state index in [0.717, 1.165) is 24.1 Å². The van der Waals surface area contributed by atoms with Gasteiger partial charge in [0.15, 0.2) is 0 Å². The minimum atomic E-state index is -0.633. The molecule has 126 valence electrons. The third-order valence-electron chi connectivity index (χ3n) is 5.22. The van der Waals surface area contributed by atoms with Gasteiger partial charge >= 0.3 is 0 Å². The van der Waals surface area contributed by atoms with Crippen LogP contribution in [0.1, 0.15) is 31.4 Å². The van der Waals surface area contributed by atoms with E-state index in [1.54, 1.807) is 0 Å². The fourth-order valence-corrected chi connectivity index (χ4v) is 4.10. The van der Waals surface area contributed by atoms with Crippen LogP contribution in [0.5, 0.6) is 0 Å². The van der Waals surface area contributed by atoms with Gasteiger partial charge in [0, 0.05) is 18.5 Å². The molecule has 2 N–H and O–H groups in total. The Balaban J connectivity index is 2.24. The van der Waals surface area contributed by atoms with Crippen LogP contribution in [0.3, 0.4) is 0 Å². The fraction of sp³-hybridized carbons (Fsp3) is 0.381. The molecule has 3 heteroatoms. The molecule has 1 aliphatic rings. The van der Waals surface area contributed by atoms with E-state index in [0.29, 0.717) is 6.54 Å². The summed E-state index contributed by atoms with van der Waals surface area (Å²) in [7, 11) is 0. The van der Waals surface area contributed by atoms with Crippen LogP contribution in [-0.4, -0.2) is 29.9 Å². The highest BCUT2D eigenvalue weighted by Crippen LogP contribution is 2.47. The summed E-state index contributed by atoms with van der Waals surface area (Å²) in [5.74, 6) is 0.385. The normalized spacial score (nSPS) is 19.9. The van der Waals surface area contributed by atoms with E-state index in [1.807, 2.05) is 41.3 Å². The monoisotopic (exact) mass is 322 g/mol. The lowest BCUT2D eigenvalue weighted by atomic mass is 9.66. The molecule has 0 bridgehead atoms. The molecule has 0 saturated carbocycles. The van der Waals surface area contributed by atoms with Gasteiger partial charge in [-0.1, -0.05) is 60.7 Å². The van der Waals surface area contributed by atoms with Gasteiger partial charge in [-0.05, 0) is 37.9 Å². The molecule has 1 saturated heterocycles. The van der Waals surface area contributed by atoms with Crippen molar-refractivity contribution in [2.75, 3.05) is 13.1 Å². The van der Waals surface area contributed by atoms with E-state index in [4.69, 9.17) is 5.73 Å². The van der Waals surface area contributed by atoms with Gasteiger partial charge in [-0.3, -0.25) is 4.79 Å². The van der Waals surface area contributed by atoms with Crippen molar-refractivity contribution in [3.63, 3.8) is 0 Å². The number of carbonyl (C=O) groups is 1. The zero-order valence-corrected chi connectivity index (χ0v) is 14.5. The quantitative estimate of drug-likeness (QED) is 0.919. The minimum Gasteiger partial charge on any atom is -0.339 e. The molecule has 0 aromatic heterocycles. The van der Waals surface area contributed by atoms with E-state index in [1.165, 1.54) is 0 Å². The highest BCUT2D eigenvalue weighted by atomic mass is 16.2. The van der Waals surface area contributed by atoms with Crippen LogP contribution in [0.15, 0.2) is 60.7 Å². The van der Waals surface area contributed by atoms with E-state index in [9.17, 15) is 4.79 Å². The molecule has 1 atom stereocenters. The molecule has 1 aliphatic heterocycles. The summed E-state index contributed by atoms with van der Waals surface area (Å²) in [6.07, 6.45) is 0.832. The number of nitrogens with zero attached hydrogens (tertiary/aromatic N) is 1. The standard InChI is InChI=1S/C21H26N2O/c1-16(2)23-15-19(13-14-22)21(20(23)24,17-9-5-3-6-10-17)18-11-7-4-8-12-18/h3-12,16,19H,13-15,22H2,1-2H3. The van der Waals surface area contributed by atoms with Crippen LogP contribution in [0.2, 0.25) is 0 Å². The Hall–Kier alpha value is -2.13. The van der Waals surface area contributed by atoms with E-state index in [-0.39, 0.29) is 17.9 Å². The number of likely N-dealkylation sites (tertiary alicyclic amines) is 1. The molecular formula is C21H26N2O.